The molecule has 2 aliphatic heterocycles. The number of benzene rings is 1. The third-order valence-corrected chi connectivity index (χ3v) is 12.6. The van der Waals surface area contributed by atoms with E-state index in [4.69, 9.17) is 4.74 Å². The number of H-pyrrole nitrogens is 1. The number of hydrogen-bond donors (Lipinski definition) is 6. The molecule has 1 aromatic carbocycles. The number of rotatable bonds is 16. The molecule has 16 heteroatoms. The number of hydrogen-bond acceptors (Lipinski definition) is 10. The summed E-state index contributed by atoms with van der Waals surface area (Å²) in [5.74, 6) is 1.17. The Morgan fingerprint density at radius 3 is 2.36 bits per heavy atom. The summed E-state index contributed by atoms with van der Waals surface area (Å²) in [7, 11) is 0. The van der Waals surface area contributed by atoms with Crippen LogP contribution in [0.1, 0.15) is 89.8 Å². The van der Waals surface area contributed by atoms with Gasteiger partial charge in [-0.3, -0.25) is 14.6 Å². The van der Waals surface area contributed by atoms with Crippen LogP contribution in [0.3, 0.4) is 0 Å². The predicted molar refractivity (Wildman–Crippen MR) is 222 cm³/mol. The molecular formula is C40H60N8O6S2. The highest BCUT2D eigenvalue weighted by molar-refractivity contribution is 8.39. The van der Waals surface area contributed by atoms with Crippen LogP contribution in [-0.4, -0.2) is 115 Å². The monoisotopic (exact) mass is 812 g/mol. The lowest BCUT2D eigenvalue weighted by atomic mass is 9.83. The van der Waals surface area contributed by atoms with E-state index in [1.165, 1.54) is 12.7 Å². The van der Waals surface area contributed by atoms with Gasteiger partial charge in [0.2, 0.25) is 11.8 Å². The highest BCUT2D eigenvalue weighted by Crippen LogP contribution is 2.29. The Labute approximate surface area is 339 Å². The molecule has 56 heavy (non-hydrogen) atoms. The topological polar surface area (TPSA) is 190 Å². The molecule has 1 saturated heterocycles. The van der Waals surface area contributed by atoms with Gasteiger partial charge < -0.3 is 41.0 Å². The standard InChI is InChI=1S/C40H60N8O6S2/c1-40(2,3)54-38(53)44-29-14-18-48(19-15-29)37(52)47-32(23-28-12-8-5-9-13-28)35(50)46-33(24-30-25-41-26-43-30)36(51)45-31(22-27-10-6-4-7-11-27)34(49)16-20-55-39-42-17-21-56-39/h5,8-9,12-13,25-27,29,31-34,49H,4,6-7,10-11,14-24H2,1-3H3,(H,41,43)(H,44,53)(H,45,51)(H,46,50)(H,47,52)/t31-,32-,33-,34-/m0/s1. The molecule has 5 amide bonds. The van der Waals surface area contributed by atoms with Crippen molar-refractivity contribution < 1.29 is 29.0 Å². The Hall–Kier alpha value is -3.76. The lowest BCUT2D eigenvalue weighted by molar-refractivity contribution is -0.130. The van der Waals surface area contributed by atoms with Gasteiger partial charge in [-0.25, -0.2) is 14.6 Å². The zero-order valence-corrected chi connectivity index (χ0v) is 34.6. The summed E-state index contributed by atoms with van der Waals surface area (Å²) in [6, 6.07) is 6.39. The Morgan fingerprint density at radius 1 is 0.982 bits per heavy atom. The Balaban J connectivity index is 1.26. The number of carbonyl (C=O) groups is 4. The summed E-state index contributed by atoms with van der Waals surface area (Å²) in [5, 5.41) is 23.5. The van der Waals surface area contributed by atoms with Crippen molar-refractivity contribution in [1.29, 1.82) is 0 Å². The molecule has 1 saturated carbocycles. The van der Waals surface area contributed by atoms with Crippen LogP contribution in [-0.2, 0) is 27.2 Å². The number of carbonyl (C=O) groups excluding carboxylic acids is 4. The summed E-state index contributed by atoms with van der Waals surface area (Å²) < 4.78 is 6.44. The summed E-state index contributed by atoms with van der Waals surface area (Å²) >= 11 is 3.38. The Kier molecular flexibility index (Phi) is 16.8. The third-order valence-electron chi connectivity index (χ3n) is 10.3. The number of imidazole rings is 1. The number of alkyl carbamates (subject to hydrolysis) is 1. The minimum Gasteiger partial charge on any atom is -0.444 e. The number of thioether (sulfide) groups is 2. The normalized spacial score (nSPS) is 18.9. The fraction of sp³-hybridized carbons (Fsp3) is 0.650. The van der Waals surface area contributed by atoms with Crippen molar-refractivity contribution in [2.75, 3.05) is 31.1 Å². The number of aromatic amines is 1. The van der Waals surface area contributed by atoms with Crippen LogP contribution in [0.15, 0.2) is 47.8 Å². The van der Waals surface area contributed by atoms with Gasteiger partial charge in [0.15, 0.2) is 0 Å². The van der Waals surface area contributed by atoms with E-state index in [0.29, 0.717) is 56.1 Å². The van der Waals surface area contributed by atoms with Gasteiger partial charge in [0.05, 0.1) is 25.0 Å². The summed E-state index contributed by atoms with van der Waals surface area (Å²) in [6.07, 6.45) is 10.1. The molecule has 2 aromatic rings. The number of nitrogens with zero attached hydrogens (tertiary/aromatic N) is 3. The second-order valence-electron chi connectivity index (χ2n) is 16.0. The predicted octanol–water partition coefficient (Wildman–Crippen LogP) is 4.79. The van der Waals surface area contributed by atoms with Gasteiger partial charge >= 0.3 is 12.1 Å². The van der Waals surface area contributed by atoms with Gasteiger partial charge in [0.1, 0.15) is 22.1 Å². The number of nitrogens with one attached hydrogen (secondary N) is 5. The molecule has 4 atom stereocenters. The molecule has 308 valence electrons. The average Bonchev–Trinajstić information content (AvgIpc) is 3.89. The number of piperidine rings is 1. The van der Waals surface area contributed by atoms with Gasteiger partial charge in [-0.05, 0) is 57.9 Å². The van der Waals surface area contributed by atoms with Gasteiger partial charge in [0.25, 0.3) is 0 Å². The molecule has 5 rings (SSSR count). The van der Waals surface area contributed by atoms with E-state index in [0.717, 1.165) is 47.9 Å². The number of aromatic nitrogens is 2. The third kappa shape index (κ3) is 14.6. The van der Waals surface area contributed by atoms with E-state index >= 15 is 0 Å². The van der Waals surface area contributed by atoms with Crippen molar-refractivity contribution in [2.45, 2.75) is 127 Å². The largest absolute Gasteiger partial charge is 0.444 e. The Morgan fingerprint density at radius 2 is 1.70 bits per heavy atom. The van der Waals surface area contributed by atoms with E-state index in [2.05, 4.69) is 36.2 Å². The minimum absolute atomic E-state index is 0.140. The fourth-order valence-electron chi connectivity index (χ4n) is 7.35. The average molecular weight is 813 g/mol. The molecule has 3 heterocycles. The van der Waals surface area contributed by atoms with E-state index in [1.54, 1.807) is 34.6 Å². The first kappa shape index (κ1) is 43.4. The first-order chi connectivity index (χ1) is 26.9. The summed E-state index contributed by atoms with van der Waals surface area (Å²) in [6.45, 7) is 7.01. The zero-order valence-electron chi connectivity index (χ0n) is 33.0. The summed E-state index contributed by atoms with van der Waals surface area (Å²) in [5.41, 5.74) is 0.893. The number of aliphatic hydroxyl groups is 1. The lowest BCUT2D eigenvalue weighted by Gasteiger charge is -2.34. The fourth-order valence-corrected chi connectivity index (χ4v) is 9.44. The maximum atomic E-state index is 14.2. The van der Waals surface area contributed by atoms with Crippen molar-refractivity contribution in [3.8, 4) is 0 Å². The van der Waals surface area contributed by atoms with Crippen LogP contribution in [0, 0.1) is 5.92 Å². The minimum atomic E-state index is -1.01. The molecule has 0 spiro atoms. The van der Waals surface area contributed by atoms with E-state index in [1.807, 2.05) is 51.1 Å². The molecule has 3 aliphatic rings. The number of aliphatic hydroxyl groups excluding tert-OH is 1. The Bertz CT molecular complexity index is 1580. The van der Waals surface area contributed by atoms with Crippen molar-refractivity contribution >= 4 is 51.8 Å². The van der Waals surface area contributed by atoms with Crippen LogP contribution in [0.25, 0.3) is 0 Å². The number of ether oxygens (including phenoxy) is 1. The van der Waals surface area contributed by atoms with Gasteiger partial charge in [0, 0.05) is 55.4 Å². The second-order valence-corrected chi connectivity index (χ2v) is 18.4. The van der Waals surface area contributed by atoms with Crippen molar-refractivity contribution in [3.05, 3.63) is 54.1 Å². The smallest absolute Gasteiger partial charge is 0.407 e. The van der Waals surface area contributed by atoms with E-state index in [-0.39, 0.29) is 18.9 Å². The molecule has 0 unspecified atom stereocenters. The first-order valence-corrected chi connectivity index (χ1v) is 22.0. The molecular weight excluding hydrogens is 753 g/mol. The first-order valence-electron chi connectivity index (χ1n) is 20.1. The number of aliphatic imine (C=N–C) groups is 1. The number of amides is 5. The highest BCUT2D eigenvalue weighted by Gasteiger charge is 2.33. The maximum absolute atomic E-state index is 14.2. The van der Waals surface area contributed by atoms with Crippen molar-refractivity contribution in [1.82, 2.24) is 36.1 Å². The molecule has 14 nitrogen and oxygen atoms in total. The van der Waals surface area contributed by atoms with Gasteiger partial charge in [-0.2, -0.15) is 0 Å². The quantitative estimate of drug-likeness (QED) is 0.139. The van der Waals surface area contributed by atoms with Crippen molar-refractivity contribution in [2.24, 2.45) is 10.9 Å². The molecule has 0 bridgehead atoms. The number of urea groups is 1. The maximum Gasteiger partial charge on any atom is 0.407 e. The lowest BCUT2D eigenvalue weighted by Crippen LogP contribution is -2.59. The SMILES string of the molecule is CC(C)(C)OC(=O)NC1CCN(C(=O)N[C@@H](Cc2ccccc2)C(=O)N[C@@H](Cc2cnc[nH]2)C(=O)N[C@@H](CC2CCCCC2)[C@@H](O)CCSC2=NCCS2)CC1. The van der Waals surface area contributed by atoms with Crippen LogP contribution < -0.4 is 21.3 Å². The molecule has 6 N–H and O–H groups in total. The molecule has 1 aromatic heterocycles. The zero-order chi connectivity index (χ0) is 39.9. The van der Waals surface area contributed by atoms with Crippen LogP contribution in [0.2, 0.25) is 0 Å². The molecule has 2 fully saturated rings. The van der Waals surface area contributed by atoms with Crippen LogP contribution in [0.5, 0.6) is 0 Å². The van der Waals surface area contributed by atoms with E-state index < -0.39 is 53.8 Å². The number of likely N-dealkylation sites (tertiary alicyclic amines) is 1. The molecule has 1 aliphatic carbocycles. The van der Waals surface area contributed by atoms with Gasteiger partial charge in [-0.15, -0.1) is 0 Å². The highest BCUT2D eigenvalue weighted by atomic mass is 32.2. The van der Waals surface area contributed by atoms with Crippen LogP contribution >= 0.6 is 23.5 Å². The van der Waals surface area contributed by atoms with Crippen molar-refractivity contribution in [3.63, 3.8) is 0 Å². The van der Waals surface area contributed by atoms with Crippen LogP contribution in [0.4, 0.5) is 9.59 Å². The molecule has 0 radical (unpaired) electrons. The van der Waals surface area contributed by atoms with Gasteiger partial charge in [-0.1, -0.05) is 86.0 Å². The second kappa shape index (κ2) is 21.7. The summed E-state index contributed by atoms with van der Waals surface area (Å²) in [4.78, 5) is 67.8. The van der Waals surface area contributed by atoms with E-state index in [9.17, 15) is 24.3 Å².